The molecule has 0 aromatic heterocycles. The van der Waals surface area contributed by atoms with Crippen molar-refractivity contribution in [1.29, 1.82) is 0 Å². The minimum Gasteiger partial charge on any atom is -0.481 e. The van der Waals surface area contributed by atoms with Gasteiger partial charge in [0.2, 0.25) is 0 Å². The standard InChI is InChI=1S/C23H32O6/c24-17(10-9-16-6-2-1-3-7-16)11-12-18-19(14-22(26)27)20(25)15-21(18)29-23-8-4-5-13-28-23/h1-3,6-7,9-10,17-21,23-25H,4-5,8,11-15H2,(H,26,27)/t17?,18-,19-,20+,21-,23?/m1/s1. The molecule has 3 rings (SSSR count). The Morgan fingerprint density at radius 2 is 2.03 bits per heavy atom. The lowest BCUT2D eigenvalue weighted by atomic mass is 9.86. The molecule has 6 atom stereocenters. The fourth-order valence-electron chi connectivity index (χ4n) is 4.45. The summed E-state index contributed by atoms with van der Waals surface area (Å²) >= 11 is 0. The number of benzene rings is 1. The Balaban J connectivity index is 1.60. The van der Waals surface area contributed by atoms with Crippen molar-refractivity contribution in [3.05, 3.63) is 42.0 Å². The van der Waals surface area contributed by atoms with E-state index >= 15 is 0 Å². The number of rotatable bonds is 9. The van der Waals surface area contributed by atoms with Gasteiger partial charge in [-0.05, 0) is 43.6 Å². The average molecular weight is 405 g/mol. The number of aliphatic carboxylic acids is 1. The van der Waals surface area contributed by atoms with E-state index in [-0.39, 0.29) is 30.7 Å². The van der Waals surface area contributed by atoms with Crippen LogP contribution in [0.1, 0.15) is 50.5 Å². The first kappa shape index (κ1) is 22.0. The minimum atomic E-state index is -0.918. The van der Waals surface area contributed by atoms with Gasteiger partial charge < -0.3 is 24.8 Å². The van der Waals surface area contributed by atoms with Gasteiger partial charge in [0.1, 0.15) is 0 Å². The summed E-state index contributed by atoms with van der Waals surface area (Å²) < 4.78 is 11.8. The molecule has 6 heteroatoms. The molecule has 0 radical (unpaired) electrons. The monoisotopic (exact) mass is 404 g/mol. The van der Waals surface area contributed by atoms with Gasteiger partial charge in [0.25, 0.3) is 0 Å². The quantitative estimate of drug-likeness (QED) is 0.585. The second kappa shape index (κ2) is 10.9. The van der Waals surface area contributed by atoms with Crippen LogP contribution in [0.5, 0.6) is 0 Å². The lowest BCUT2D eigenvalue weighted by Crippen LogP contribution is -2.32. The van der Waals surface area contributed by atoms with E-state index in [4.69, 9.17) is 9.47 Å². The summed E-state index contributed by atoms with van der Waals surface area (Å²) in [6.07, 6.45) is 6.07. The molecule has 6 nitrogen and oxygen atoms in total. The number of hydrogen-bond donors (Lipinski definition) is 3. The number of ether oxygens (including phenoxy) is 2. The first-order valence-electron chi connectivity index (χ1n) is 10.6. The van der Waals surface area contributed by atoms with E-state index in [1.165, 1.54) is 0 Å². The molecule has 0 spiro atoms. The van der Waals surface area contributed by atoms with Crippen LogP contribution in [0.15, 0.2) is 36.4 Å². The van der Waals surface area contributed by atoms with Gasteiger partial charge in [0.05, 0.1) is 24.7 Å². The number of aliphatic hydroxyl groups is 2. The molecular formula is C23H32O6. The van der Waals surface area contributed by atoms with Gasteiger partial charge in [0.15, 0.2) is 6.29 Å². The fraction of sp³-hybridized carbons (Fsp3) is 0.609. The third-order valence-corrected chi connectivity index (χ3v) is 5.98. The molecule has 0 bridgehead atoms. The van der Waals surface area contributed by atoms with Gasteiger partial charge in [-0.2, -0.15) is 0 Å². The lowest BCUT2D eigenvalue weighted by molar-refractivity contribution is -0.196. The summed E-state index contributed by atoms with van der Waals surface area (Å²) in [5.74, 6) is -1.41. The maximum atomic E-state index is 11.3. The highest BCUT2D eigenvalue weighted by Crippen LogP contribution is 2.41. The molecule has 29 heavy (non-hydrogen) atoms. The molecular weight excluding hydrogens is 372 g/mol. The van der Waals surface area contributed by atoms with Crippen molar-refractivity contribution < 1.29 is 29.6 Å². The largest absolute Gasteiger partial charge is 0.481 e. The Kier molecular flexibility index (Phi) is 8.24. The summed E-state index contributed by atoms with van der Waals surface area (Å²) in [6.45, 7) is 0.673. The highest BCUT2D eigenvalue weighted by atomic mass is 16.7. The predicted octanol–water partition coefficient (Wildman–Crippen LogP) is 3.22. The van der Waals surface area contributed by atoms with Crippen LogP contribution < -0.4 is 0 Å². The zero-order valence-corrected chi connectivity index (χ0v) is 16.7. The van der Waals surface area contributed by atoms with Gasteiger partial charge in [-0.3, -0.25) is 4.79 Å². The van der Waals surface area contributed by atoms with E-state index in [1.54, 1.807) is 6.08 Å². The van der Waals surface area contributed by atoms with E-state index in [1.807, 2.05) is 36.4 Å². The molecule has 2 fully saturated rings. The number of aliphatic hydroxyl groups excluding tert-OH is 2. The second-order valence-corrected chi connectivity index (χ2v) is 8.11. The van der Waals surface area contributed by atoms with E-state index in [0.29, 0.717) is 25.9 Å². The van der Waals surface area contributed by atoms with Gasteiger partial charge in [-0.1, -0.05) is 42.5 Å². The van der Waals surface area contributed by atoms with Crippen molar-refractivity contribution in [2.75, 3.05) is 6.61 Å². The van der Waals surface area contributed by atoms with Crippen LogP contribution in [0.2, 0.25) is 0 Å². The maximum Gasteiger partial charge on any atom is 0.303 e. The molecule has 3 N–H and O–H groups in total. The van der Waals surface area contributed by atoms with E-state index in [0.717, 1.165) is 24.8 Å². The summed E-state index contributed by atoms with van der Waals surface area (Å²) in [5.41, 5.74) is 1.02. The topological polar surface area (TPSA) is 96.2 Å². The minimum absolute atomic E-state index is 0.0901. The smallest absolute Gasteiger partial charge is 0.303 e. The van der Waals surface area contributed by atoms with Gasteiger partial charge in [-0.25, -0.2) is 0 Å². The molecule has 160 valence electrons. The van der Waals surface area contributed by atoms with Crippen molar-refractivity contribution in [2.45, 2.75) is 69.5 Å². The van der Waals surface area contributed by atoms with Crippen LogP contribution in [0.25, 0.3) is 6.08 Å². The molecule has 1 saturated carbocycles. The summed E-state index contributed by atoms with van der Waals surface area (Å²) in [4.78, 5) is 11.3. The van der Waals surface area contributed by atoms with E-state index in [9.17, 15) is 20.1 Å². The molecule has 1 aliphatic heterocycles. The summed E-state index contributed by atoms with van der Waals surface area (Å²) in [7, 11) is 0. The highest BCUT2D eigenvalue weighted by Gasteiger charge is 2.44. The predicted molar refractivity (Wildman–Crippen MR) is 109 cm³/mol. The van der Waals surface area contributed by atoms with Crippen LogP contribution in [0.4, 0.5) is 0 Å². The number of hydrogen-bond acceptors (Lipinski definition) is 5. The van der Waals surface area contributed by atoms with Crippen molar-refractivity contribution in [1.82, 2.24) is 0 Å². The van der Waals surface area contributed by atoms with Crippen LogP contribution in [-0.2, 0) is 14.3 Å². The number of carboxylic acid groups (broad SMARTS) is 1. The van der Waals surface area contributed by atoms with Crippen LogP contribution in [-0.4, -0.2) is 52.5 Å². The number of carbonyl (C=O) groups is 1. The Hall–Kier alpha value is -1.73. The van der Waals surface area contributed by atoms with Crippen LogP contribution in [0, 0.1) is 11.8 Å². The van der Waals surface area contributed by atoms with Gasteiger partial charge >= 0.3 is 5.97 Å². The van der Waals surface area contributed by atoms with Crippen molar-refractivity contribution in [3.63, 3.8) is 0 Å². The molecule has 2 aliphatic rings. The van der Waals surface area contributed by atoms with E-state index in [2.05, 4.69) is 0 Å². The first-order valence-corrected chi connectivity index (χ1v) is 10.6. The molecule has 0 amide bonds. The molecule has 1 aliphatic carbocycles. The van der Waals surface area contributed by atoms with Crippen LogP contribution in [0.3, 0.4) is 0 Å². The molecule has 1 saturated heterocycles. The van der Waals surface area contributed by atoms with Crippen LogP contribution >= 0.6 is 0 Å². The Labute approximate surface area is 172 Å². The summed E-state index contributed by atoms with van der Waals surface area (Å²) in [5, 5.41) is 30.1. The molecule has 2 unspecified atom stereocenters. The Morgan fingerprint density at radius 3 is 2.72 bits per heavy atom. The zero-order valence-electron chi connectivity index (χ0n) is 16.7. The lowest BCUT2D eigenvalue weighted by Gasteiger charge is -2.30. The SMILES string of the molecule is O=C(O)C[C@@H]1[C@@H](CCC(O)C=Cc2ccccc2)[C@H](OC2CCCCO2)C[C@@H]1O. The molecule has 1 heterocycles. The van der Waals surface area contributed by atoms with E-state index < -0.39 is 18.2 Å². The first-order chi connectivity index (χ1) is 14.0. The van der Waals surface area contributed by atoms with Gasteiger partial charge in [-0.15, -0.1) is 0 Å². The normalized spacial score (nSPS) is 31.2. The van der Waals surface area contributed by atoms with Crippen molar-refractivity contribution in [3.8, 4) is 0 Å². The highest BCUT2D eigenvalue weighted by molar-refractivity contribution is 5.67. The Morgan fingerprint density at radius 1 is 1.24 bits per heavy atom. The fourth-order valence-corrected chi connectivity index (χ4v) is 4.45. The second-order valence-electron chi connectivity index (χ2n) is 8.11. The molecule has 1 aromatic carbocycles. The average Bonchev–Trinajstić information content (AvgIpc) is 3.00. The molecule has 1 aromatic rings. The third-order valence-electron chi connectivity index (χ3n) is 5.98. The summed E-state index contributed by atoms with van der Waals surface area (Å²) in [6, 6.07) is 9.76. The van der Waals surface area contributed by atoms with Crippen molar-refractivity contribution >= 4 is 12.0 Å². The number of carboxylic acids is 1. The maximum absolute atomic E-state index is 11.3. The van der Waals surface area contributed by atoms with Gasteiger partial charge in [0, 0.05) is 18.9 Å². The zero-order chi connectivity index (χ0) is 20.6. The third kappa shape index (κ3) is 6.64. The Bertz CT molecular complexity index is 655. The van der Waals surface area contributed by atoms with Crippen molar-refractivity contribution in [2.24, 2.45) is 11.8 Å².